The van der Waals surface area contributed by atoms with Crippen LogP contribution in [-0.2, 0) is 4.74 Å². The summed E-state index contributed by atoms with van der Waals surface area (Å²) in [5, 5.41) is 0. The first kappa shape index (κ1) is 7.55. The molecule has 0 aliphatic carbocycles. The van der Waals surface area contributed by atoms with Crippen molar-refractivity contribution in [2.75, 3.05) is 31.2 Å². The smallest absolute Gasteiger partial charge is 0.0642 e. The van der Waals surface area contributed by atoms with E-state index in [1.807, 2.05) is 6.07 Å². The van der Waals surface area contributed by atoms with Gasteiger partial charge in [-0.1, -0.05) is 0 Å². The summed E-state index contributed by atoms with van der Waals surface area (Å²) in [5.41, 5.74) is 1.12. The molecule has 0 atom stereocenters. The Balaban J connectivity index is 2.08. The molecule has 0 N–H and O–H groups in total. The molecule has 1 fully saturated rings. The number of hydrogen-bond acceptors (Lipinski definition) is 3. The third kappa shape index (κ3) is 1.56. The summed E-state index contributed by atoms with van der Waals surface area (Å²) < 4.78 is 5.25. The first-order chi connectivity index (χ1) is 5.97. The quantitative estimate of drug-likeness (QED) is 0.610. The summed E-state index contributed by atoms with van der Waals surface area (Å²) >= 11 is 0. The third-order valence-corrected chi connectivity index (χ3v) is 1.96. The fourth-order valence-corrected chi connectivity index (χ4v) is 1.31. The molecule has 2 heterocycles. The Kier molecular flexibility index (Phi) is 2.23. The third-order valence-electron chi connectivity index (χ3n) is 1.96. The van der Waals surface area contributed by atoms with Crippen molar-refractivity contribution < 1.29 is 4.74 Å². The number of aromatic nitrogens is 1. The number of nitrogens with zero attached hydrogens (tertiary/aromatic N) is 2. The summed E-state index contributed by atoms with van der Waals surface area (Å²) in [7, 11) is 0. The normalized spacial score (nSPS) is 17.8. The number of anilines is 1. The van der Waals surface area contributed by atoms with E-state index in [1.54, 1.807) is 12.4 Å². The molecule has 1 saturated heterocycles. The van der Waals surface area contributed by atoms with Crippen LogP contribution in [-0.4, -0.2) is 31.3 Å². The molecule has 0 amide bonds. The van der Waals surface area contributed by atoms with E-state index in [4.69, 9.17) is 4.74 Å². The highest BCUT2D eigenvalue weighted by molar-refractivity contribution is 5.43. The Bertz CT molecular complexity index is 232. The van der Waals surface area contributed by atoms with Gasteiger partial charge in [-0.25, -0.2) is 0 Å². The van der Waals surface area contributed by atoms with E-state index in [-0.39, 0.29) is 0 Å². The van der Waals surface area contributed by atoms with Gasteiger partial charge in [0.25, 0.3) is 0 Å². The van der Waals surface area contributed by atoms with Crippen LogP contribution in [0.5, 0.6) is 0 Å². The molecule has 1 aromatic rings. The molecule has 12 heavy (non-hydrogen) atoms. The van der Waals surface area contributed by atoms with Gasteiger partial charge < -0.3 is 9.64 Å². The zero-order valence-electron chi connectivity index (χ0n) is 6.86. The Morgan fingerprint density at radius 1 is 1.42 bits per heavy atom. The molecule has 1 aromatic heterocycles. The van der Waals surface area contributed by atoms with Gasteiger partial charge in [-0.3, -0.25) is 4.98 Å². The van der Waals surface area contributed by atoms with Crippen LogP contribution in [0.3, 0.4) is 0 Å². The first-order valence-corrected chi connectivity index (χ1v) is 4.11. The summed E-state index contributed by atoms with van der Waals surface area (Å²) in [6.45, 7) is 3.55. The van der Waals surface area contributed by atoms with Gasteiger partial charge in [0.05, 0.1) is 13.2 Å². The number of morpholine rings is 1. The summed E-state index contributed by atoms with van der Waals surface area (Å²) in [6, 6.07) is 5.07. The lowest BCUT2D eigenvalue weighted by Crippen LogP contribution is -2.36. The van der Waals surface area contributed by atoms with Crippen molar-refractivity contribution in [2.45, 2.75) is 0 Å². The van der Waals surface area contributed by atoms with Crippen LogP contribution in [0.1, 0.15) is 0 Å². The molecule has 0 unspecified atom stereocenters. The number of ether oxygens (including phenoxy) is 1. The van der Waals surface area contributed by atoms with Crippen molar-refractivity contribution in [1.29, 1.82) is 0 Å². The lowest BCUT2D eigenvalue weighted by atomic mass is 10.3. The Morgan fingerprint density at radius 2 is 2.25 bits per heavy atom. The Morgan fingerprint density at radius 3 is 2.92 bits per heavy atom. The first-order valence-electron chi connectivity index (χ1n) is 4.11. The molecular weight excluding hydrogens is 152 g/mol. The molecule has 3 heteroatoms. The molecule has 1 radical (unpaired) electrons. The number of rotatable bonds is 1. The van der Waals surface area contributed by atoms with Crippen molar-refractivity contribution >= 4 is 5.69 Å². The molecule has 3 nitrogen and oxygen atoms in total. The van der Waals surface area contributed by atoms with Gasteiger partial charge in [0.1, 0.15) is 0 Å². The van der Waals surface area contributed by atoms with Gasteiger partial charge >= 0.3 is 0 Å². The van der Waals surface area contributed by atoms with Crippen LogP contribution in [0.15, 0.2) is 18.5 Å². The summed E-state index contributed by atoms with van der Waals surface area (Å²) in [4.78, 5) is 6.18. The minimum absolute atomic E-state index is 0.816. The zero-order chi connectivity index (χ0) is 8.23. The molecule has 1 aliphatic heterocycles. The minimum atomic E-state index is 0.816. The second kappa shape index (κ2) is 3.54. The average molecular weight is 163 g/mol. The molecular formula is C9H11N2O. The second-order valence-electron chi connectivity index (χ2n) is 2.72. The lowest BCUT2D eigenvalue weighted by Gasteiger charge is -2.28. The van der Waals surface area contributed by atoms with E-state index in [1.165, 1.54) is 0 Å². The molecule has 0 spiro atoms. The molecule has 1 aliphatic rings. The topological polar surface area (TPSA) is 25.4 Å². The van der Waals surface area contributed by atoms with Gasteiger partial charge in [-0.05, 0) is 6.07 Å². The number of pyridine rings is 1. The molecule has 0 saturated carbocycles. The van der Waals surface area contributed by atoms with Crippen molar-refractivity contribution in [2.24, 2.45) is 0 Å². The van der Waals surface area contributed by atoms with Gasteiger partial charge in [-0.15, -0.1) is 0 Å². The van der Waals surface area contributed by atoms with E-state index >= 15 is 0 Å². The van der Waals surface area contributed by atoms with Crippen molar-refractivity contribution in [3.63, 3.8) is 0 Å². The summed E-state index contributed by atoms with van der Waals surface area (Å²) in [5.74, 6) is 0. The Hall–Kier alpha value is -1.09. The van der Waals surface area contributed by atoms with E-state index < -0.39 is 0 Å². The minimum Gasteiger partial charge on any atom is -0.378 e. The predicted octanol–water partition coefficient (Wildman–Crippen LogP) is 0.718. The highest BCUT2D eigenvalue weighted by Crippen LogP contribution is 2.12. The maximum Gasteiger partial charge on any atom is 0.0642 e. The molecule has 0 aromatic carbocycles. The predicted molar refractivity (Wildman–Crippen MR) is 46.1 cm³/mol. The SMILES string of the molecule is [c]1cnccc1N1CCOCC1. The molecule has 2 rings (SSSR count). The molecule has 0 bridgehead atoms. The maximum absolute atomic E-state index is 5.25. The van der Waals surface area contributed by atoms with E-state index in [9.17, 15) is 0 Å². The van der Waals surface area contributed by atoms with Gasteiger partial charge in [0.15, 0.2) is 0 Å². The van der Waals surface area contributed by atoms with Crippen LogP contribution < -0.4 is 4.90 Å². The second-order valence-corrected chi connectivity index (χ2v) is 2.72. The van der Waals surface area contributed by atoms with Gasteiger partial charge in [0, 0.05) is 37.2 Å². The summed E-state index contributed by atoms with van der Waals surface area (Å²) in [6.07, 6.45) is 3.49. The highest BCUT2D eigenvalue weighted by Gasteiger charge is 2.09. The fraction of sp³-hybridized carbons (Fsp3) is 0.444. The van der Waals surface area contributed by atoms with Crippen LogP contribution in [0.25, 0.3) is 0 Å². The fourth-order valence-electron chi connectivity index (χ4n) is 1.31. The van der Waals surface area contributed by atoms with E-state index in [2.05, 4.69) is 16.0 Å². The van der Waals surface area contributed by atoms with Crippen LogP contribution in [0.4, 0.5) is 5.69 Å². The van der Waals surface area contributed by atoms with Crippen molar-refractivity contribution in [1.82, 2.24) is 4.98 Å². The van der Waals surface area contributed by atoms with E-state index in [0.29, 0.717) is 0 Å². The Labute approximate surface area is 72.0 Å². The molecule has 63 valence electrons. The monoisotopic (exact) mass is 163 g/mol. The standard InChI is InChI=1S/C9H11N2O/c1-3-10-4-2-9(1)11-5-7-12-8-6-11/h1,3-4H,5-8H2. The van der Waals surface area contributed by atoms with Crippen LogP contribution >= 0.6 is 0 Å². The zero-order valence-corrected chi connectivity index (χ0v) is 6.86. The van der Waals surface area contributed by atoms with E-state index in [0.717, 1.165) is 32.0 Å². The largest absolute Gasteiger partial charge is 0.378 e. The van der Waals surface area contributed by atoms with Crippen molar-refractivity contribution in [3.05, 3.63) is 24.5 Å². The van der Waals surface area contributed by atoms with Gasteiger partial charge in [0.2, 0.25) is 0 Å². The van der Waals surface area contributed by atoms with Gasteiger partial charge in [-0.2, -0.15) is 0 Å². The highest BCUT2D eigenvalue weighted by atomic mass is 16.5. The maximum atomic E-state index is 5.25. The lowest BCUT2D eigenvalue weighted by molar-refractivity contribution is 0.122. The van der Waals surface area contributed by atoms with Crippen LogP contribution in [0, 0.1) is 6.07 Å². The van der Waals surface area contributed by atoms with Crippen LogP contribution in [0.2, 0.25) is 0 Å². The van der Waals surface area contributed by atoms with Crippen molar-refractivity contribution in [3.8, 4) is 0 Å². The average Bonchev–Trinajstić information content (AvgIpc) is 2.21. The number of hydrogen-bond donors (Lipinski definition) is 0.